The van der Waals surface area contributed by atoms with Crippen molar-refractivity contribution in [2.45, 2.75) is 13.1 Å². The monoisotopic (exact) mass is 483 g/mol. The number of urea groups is 1. The van der Waals surface area contributed by atoms with E-state index < -0.39 is 23.7 Å². The number of barbiturate groups is 1. The molecule has 0 unspecified atom stereocenters. The summed E-state index contributed by atoms with van der Waals surface area (Å²) in [4.78, 5) is 39.2. The van der Waals surface area contributed by atoms with E-state index in [2.05, 4.69) is 5.32 Å². The Morgan fingerprint density at radius 2 is 1.61 bits per heavy atom. The summed E-state index contributed by atoms with van der Waals surface area (Å²) in [6.07, 6.45) is 3.31. The third-order valence-electron chi connectivity index (χ3n) is 5.91. The number of aromatic nitrogens is 1. The molecule has 36 heavy (non-hydrogen) atoms. The van der Waals surface area contributed by atoms with Crippen LogP contribution in [0.5, 0.6) is 5.75 Å². The molecule has 7 nitrogen and oxygen atoms in total. The summed E-state index contributed by atoms with van der Waals surface area (Å²) < 4.78 is 21.4. The van der Waals surface area contributed by atoms with Crippen molar-refractivity contribution in [1.82, 2.24) is 14.8 Å². The molecule has 4 amide bonds. The topological polar surface area (TPSA) is 80.6 Å². The Morgan fingerprint density at radius 3 is 2.42 bits per heavy atom. The molecule has 0 radical (unpaired) electrons. The van der Waals surface area contributed by atoms with Gasteiger partial charge in [0.05, 0.1) is 13.1 Å². The number of benzene rings is 3. The number of para-hydroxylation sites is 2. The number of carbonyl (C=O) groups excluding carboxylic acids is 3. The number of rotatable bonds is 7. The molecule has 1 N–H and O–H groups in total. The largest absolute Gasteiger partial charge is 0.489 e. The van der Waals surface area contributed by atoms with Crippen LogP contribution in [0.4, 0.5) is 9.18 Å². The molecule has 1 aromatic heterocycles. The Hall–Kier alpha value is -4.72. The van der Waals surface area contributed by atoms with E-state index in [4.69, 9.17) is 4.74 Å². The number of hydrogen-bond donors (Lipinski definition) is 1. The summed E-state index contributed by atoms with van der Waals surface area (Å²) in [6, 6.07) is 22.1. The number of amides is 4. The summed E-state index contributed by atoms with van der Waals surface area (Å²) in [5.41, 5.74) is 2.14. The smallest absolute Gasteiger partial charge is 0.331 e. The molecule has 5 rings (SSSR count). The summed E-state index contributed by atoms with van der Waals surface area (Å²) in [6.45, 7) is 0.677. The van der Waals surface area contributed by atoms with Crippen molar-refractivity contribution in [1.29, 1.82) is 0 Å². The molecule has 1 aliphatic rings. The standard InChI is InChI=1S/C28H22FN3O4/c29-23-11-5-7-13-25(23)36-15-14-31-18-20(21-10-4-6-12-24(21)31)16-22-26(33)30-28(35)32(27(22)34)17-19-8-2-1-3-9-19/h1-13,16,18H,14-15,17H2,(H,30,33,35). The third kappa shape index (κ3) is 4.61. The van der Waals surface area contributed by atoms with E-state index >= 15 is 0 Å². The Kier molecular flexibility index (Phi) is 6.32. The van der Waals surface area contributed by atoms with Gasteiger partial charge in [0.25, 0.3) is 11.8 Å². The van der Waals surface area contributed by atoms with Gasteiger partial charge in [0.2, 0.25) is 0 Å². The Bertz CT molecular complexity index is 1490. The molecule has 2 heterocycles. The minimum absolute atomic E-state index is 0.0469. The van der Waals surface area contributed by atoms with Gasteiger partial charge in [0.1, 0.15) is 12.2 Å². The molecule has 0 bridgehead atoms. The van der Waals surface area contributed by atoms with Crippen LogP contribution in [-0.4, -0.2) is 33.9 Å². The predicted molar refractivity (Wildman–Crippen MR) is 132 cm³/mol. The molecule has 0 atom stereocenters. The number of carbonyl (C=O) groups is 3. The summed E-state index contributed by atoms with van der Waals surface area (Å²) in [7, 11) is 0. The number of nitrogens with zero attached hydrogens (tertiary/aromatic N) is 2. The minimum atomic E-state index is -0.751. The maximum Gasteiger partial charge on any atom is 0.331 e. The van der Waals surface area contributed by atoms with Crippen LogP contribution in [0.15, 0.2) is 90.6 Å². The Balaban J connectivity index is 1.42. The summed E-state index contributed by atoms with van der Waals surface area (Å²) >= 11 is 0. The molecule has 0 spiro atoms. The fraction of sp³-hybridized carbons (Fsp3) is 0.107. The van der Waals surface area contributed by atoms with Crippen LogP contribution in [0.1, 0.15) is 11.1 Å². The molecule has 8 heteroatoms. The van der Waals surface area contributed by atoms with E-state index in [0.717, 1.165) is 21.4 Å². The van der Waals surface area contributed by atoms with Crippen molar-refractivity contribution in [2.24, 2.45) is 0 Å². The highest BCUT2D eigenvalue weighted by molar-refractivity contribution is 6.31. The van der Waals surface area contributed by atoms with Gasteiger partial charge in [-0.3, -0.25) is 19.8 Å². The molecular weight excluding hydrogens is 461 g/mol. The van der Waals surface area contributed by atoms with Gasteiger partial charge >= 0.3 is 6.03 Å². The van der Waals surface area contributed by atoms with Gasteiger partial charge < -0.3 is 9.30 Å². The highest BCUT2D eigenvalue weighted by Crippen LogP contribution is 2.26. The van der Waals surface area contributed by atoms with Crippen molar-refractivity contribution >= 4 is 34.8 Å². The second kappa shape index (κ2) is 9.87. The zero-order valence-electron chi connectivity index (χ0n) is 19.2. The first-order valence-electron chi connectivity index (χ1n) is 11.4. The first-order valence-corrected chi connectivity index (χ1v) is 11.4. The average Bonchev–Trinajstić information content (AvgIpc) is 3.23. The van der Waals surface area contributed by atoms with Gasteiger partial charge in [-0.25, -0.2) is 9.18 Å². The van der Waals surface area contributed by atoms with E-state index in [-0.39, 0.29) is 24.5 Å². The molecule has 0 saturated carbocycles. The number of nitrogens with one attached hydrogen (secondary N) is 1. The molecule has 1 aliphatic heterocycles. The van der Waals surface area contributed by atoms with Crippen molar-refractivity contribution < 1.29 is 23.5 Å². The van der Waals surface area contributed by atoms with E-state index in [9.17, 15) is 18.8 Å². The molecule has 3 aromatic carbocycles. The zero-order valence-corrected chi connectivity index (χ0v) is 19.2. The fourth-order valence-corrected chi connectivity index (χ4v) is 4.15. The first kappa shape index (κ1) is 23.0. The quantitative estimate of drug-likeness (QED) is 0.310. The third-order valence-corrected chi connectivity index (χ3v) is 5.91. The number of hydrogen-bond acceptors (Lipinski definition) is 4. The molecular formula is C28H22FN3O4. The molecule has 4 aromatic rings. The van der Waals surface area contributed by atoms with Crippen molar-refractivity contribution in [3.05, 3.63) is 108 Å². The normalized spacial score (nSPS) is 15.0. The van der Waals surface area contributed by atoms with Gasteiger partial charge in [-0.1, -0.05) is 60.7 Å². The highest BCUT2D eigenvalue weighted by atomic mass is 19.1. The minimum Gasteiger partial charge on any atom is -0.489 e. The average molecular weight is 483 g/mol. The number of imide groups is 2. The van der Waals surface area contributed by atoms with Gasteiger partial charge in [-0.15, -0.1) is 0 Å². The van der Waals surface area contributed by atoms with Crippen LogP contribution in [-0.2, 0) is 22.7 Å². The SMILES string of the molecule is O=C1NC(=O)N(Cc2ccccc2)C(=O)C1=Cc1cn(CCOc2ccccc2F)c2ccccc12. The van der Waals surface area contributed by atoms with E-state index in [1.54, 1.807) is 36.5 Å². The lowest BCUT2D eigenvalue weighted by atomic mass is 10.1. The fourth-order valence-electron chi connectivity index (χ4n) is 4.15. The molecule has 0 aliphatic carbocycles. The highest BCUT2D eigenvalue weighted by Gasteiger charge is 2.35. The maximum absolute atomic E-state index is 13.9. The van der Waals surface area contributed by atoms with Crippen molar-refractivity contribution in [2.75, 3.05) is 6.61 Å². The lowest BCUT2D eigenvalue weighted by Crippen LogP contribution is -2.53. The van der Waals surface area contributed by atoms with Gasteiger partial charge in [-0.2, -0.15) is 0 Å². The van der Waals surface area contributed by atoms with E-state index in [1.165, 1.54) is 12.1 Å². The van der Waals surface area contributed by atoms with E-state index in [1.807, 2.05) is 47.0 Å². The second-order valence-electron chi connectivity index (χ2n) is 8.27. The Morgan fingerprint density at radius 1 is 0.889 bits per heavy atom. The number of fused-ring (bicyclic) bond motifs is 1. The zero-order chi connectivity index (χ0) is 25.1. The number of halogens is 1. The maximum atomic E-state index is 13.9. The Labute approximate surface area is 206 Å². The molecule has 180 valence electrons. The lowest BCUT2D eigenvalue weighted by Gasteiger charge is -2.26. The predicted octanol–water partition coefficient (Wildman–Crippen LogP) is 4.52. The summed E-state index contributed by atoms with van der Waals surface area (Å²) in [5, 5.41) is 3.08. The van der Waals surface area contributed by atoms with Crippen molar-refractivity contribution in [3.63, 3.8) is 0 Å². The van der Waals surface area contributed by atoms with Crippen LogP contribution in [0, 0.1) is 5.82 Å². The van der Waals surface area contributed by atoms with Crippen LogP contribution < -0.4 is 10.1 Å². The molecule has 1 saturated heterocycles. The van der Waals surface area contributed by atoms with Gasteiger partial charge in [-0.05, 0) is 29.8 Å². The van der Waals surface area contributed by atoms with Crippen molar-refractivity contribution in [3.8, 4) is 5.75 Å². The number of ether oxygens (including phenoxy) is 1. The second-order valence-corrected chi connectivity index (χ2v) is 8.27. The van der Waals surface area contributed by atoms with Crippen LogP contribution in [0.25, 0.3) is 17.0 Å². The van der Waals surface area contributed by atoms with Gasteiger partial charge in [0, 0.05) is 22.7 Å². The van der Waals surface area contributed by atoms with E-state index in [0.29, 0.717) is 12.1 Å². The van der Waals surface area contributed by atoms with Crippen LogP contribution >= 0.6 is 0 Å². The van der Waals surface area contributed by atoms with Crippen LogP contribution in [0.3, 0.4) is 0 Å². The lowest BCUT2D eigenvalue weighted by molar-refractivity contribution is -0.130. The van der Waals surface area contributed by atoms with Gasteiger partial charge in [0.15, 0.2) is 11.6 Å². The molecule has 1 fully saturated rings. The first-order chi connectivity index (χ1) is 17.5. The summed E-state index contributed by atoms with van der Waals surface area (Å²) in [5.74, 6) is -1.66. The van der Waals surface area contributed by atoms with Crippen LogP contribution in [0.2, 0.25) is 0 Å².